The van der Waals surface area contributed by atoms with Crippen LogP contribution in [0.15, 0.2) is 48.8 Å². The highest BCUT2D eigenvalue weighted by molar-refractivity contribution is 5.93. The fourth-order valence-corrected chi connectivity index (χ4v) is 2.08. The number of nitrogens with zero attached hydrogens (tertiary/aromatic N) is 2. The molecule has 3 aromatic rings. The Morgan fingerprint density at radius 1 is 1.00 bits per heavy atom. The molecule has 84 valence electrons. The summed E-state index contributed by atoms with van der Waals surface area (Å²) in [5.41, 5.74) is 3.75. The van der Waals surface area contributed by atoms with Gasteiger partial charge >= 0.3 is 0 Å². The van der Waals surface area contributed by atoms with Crippen molar-refractivity contribution in [2.45, 2.75) is 0 Å². The number of aromatic hydroxyl groups is 1. The molecule has 1 heterocycles. The number of imidazole rings is 1. The number of hydrogen-bond donors (Lipinski definition) is 1. The maximum atomic E-state index is 9.90. The van der Waals surface area contributed by atoms with Crippen LogP contribution in [-0.2, 0) is 7.05 Å². The van der Waals surface area contributed by atoms with Crippen molar-refractivity contribution in [3.63, 3.8) is 0 Å². The lowest BCUT2D eigenvalue weighted by molar-refractivity contribution is 0.477. The molecule has 1 aromatic heterocycles. The number of hydrogen-bond acceptors (Lipinski definition) is 2. The molecule has 0 saturated heterocycles. The van der Waals surface area contributed by atoms with Gasteiger partial charge in [-0.1, -0.05) is 30.3 Å². The highest BCUT2D eigenvalue weighted by Gasteiger charge is 2.09. The average molecular weight is 224 g/mol. The third-order valence-corrected chi connectivity index (χ3v) is 2.95. The van der Waals surface area contributed by atoms with E-state index >= 15 is 0 Å². The minimum absolute atomic E-state index is 0.283. The molecule has 0 aliphatic rings. The first kappa shape index (κ1) is 9.90. The molecule has 0 amide bonds. The highest BCUT2D eigenvalue weighted by Crippen LogP contribution is 2.33. The molecule has 1 N–H and O–H groups in total. The summed E-state index contributed by atoms with van der Waals surface area (Å²) >= 11 is 0. The van der Waals surface area contributed by atoms with Gasteiger partial charge in [-0.3, -0.25) is 0 Å². The van der Waals surface area contributed by atoms with Gasteiger partial charge in [0.15, 0.2) is 0 Å². The molecule has 17 heavy (non-hydrogen) atoms. The van der Waals surface area contributed by atoms with Crippen LogP contribution in [0.1, 0.15) is 0 Å². The van der Waals surface area contributed by atoms with E-state index in [1.165, 1.54) is 0 Å². The Hall–Kier alpha value is -2.29. The van der Waals surface area contributed by atoms with E-state index in [1.54, 1.807) is 12.4 Å². The van der Waals surface area contributed by atoms with Crippen LogP contribution in [0.2, 0.25) is 0 Å². The molecule has 0 aliphatic carbocycles. The van der Waals surface area contributed by atoms with Crippen LogP contribution in [0.25, 0.3) is 22.2 Å². The van der Waals surface area contributed by atoms with E-state index in [-0.39, 0.29) is 5.75 Å². The molecule has 0 radical (unpaired) electrons. The molecule has 0 aliphatic heterocycles. The number of rotatable bonds is 1. The van der Waals surface area contributed by atoms with Crippen LogP contribution in [-0.4, -0.2) is 14.7 Å². The first-order valence-corrected chi connectivity index (χ1v) is 5.46. The monoisotopic (exact) mass is 224 g/mol. The molecule has 3 rings (SSSR count). The van der Waals surface area contributed by atoms with E-state index in [2.05, 4.69) is 4.98 Å². The Balaban J connectivity index is 2.35. The predicted octanol–water partition coefficient (Wildman–Crippen LogP) is 2.95. The Morgan fingerprint density at radius 3 is 2.59 bits per heavy atom. The van der Waals surface area contributed by atoms with Crippen molar-refractivity contribution < 1.29 is 5.11 Å². The summed E-state index contributed by atoms with van der Waals surface area (Å²) in [7, 11) is 1.96. The minimum atomic E-state index is 0.283. The summed E-state index contributed by atoms with van der Waals surface area (Å²) in [5.74, 6) is 0.283. The predicted molar refractivity (Wildman–Crippen MR) is 67.8 cm³/mol. The van der Waals surface area contributed by atoms with E-state index in [0.29, 0.717) is 0 Å². The lowest BCUT2D eigenvalue weighted by atomic mass is 10.0. The van der Waals surface area contributed by atoms with Crippen molar-refractivity contribution >= 4 is 11.0 Å². The summed E-state index contributed by atoms with van der Waals surface area (Å²) in [6, 6.07) is 13.3. The second-order valence-corrected chi connectivity index (χ2v) is 4.05. The maximum absolute atomic E-state index is 9.90. The molecule has 3 nitrogen and oxygen atoms in total. The van der Waals surface area contributed by atoms with Gasteiger partial charge in [-0.05, 0) is 12.1 Å². The van der Waals surface area contributed by atoms with Crippen molar-refractivity contribution in [3.8, 4) is 16.9 Å². The Bertz CT molecular complexity index is 686. The summed E-state index contributed by atoms with van der Waals surface area (Å²) < 4.78 is 1.97. The third kappa shape index (κ3) is 1.47. The first-order chi connectivity index (χ1) is 8.27. The van der Waals surface area contributed by atoms with E-state index in [4.69, 9.17) is 0 Å². The molecule has 3 heteroatoms. The smallest absolute Gasteiger partial charge is 0.123 e. The van der Waals surface area contributed by atoms with Gasteiger partial charge in [-0.15, -0.1) is 0 Å². The first-order valence-electron chi connectivity index (χ1n) is 5.46. The van der Waals surface area contributed by atoms with Gasteiger partial charge in [-0.25, -0.2) is 4.98 Å². The normalized spacial score (nSPS) is 10.9. The molecule has 2 aromatic carbocycles. The largest absolute Gasteiger partial charge is 0.507 e. The molecule has 0 saturated carbocycles. The summed E-state index contributed by atoms with van der Waals surface area (Å²) in [5, 5.41) is 9.90. The Labute approximate surface area is 99.0 Å². The molecular formula is C14H12N2O. The van der Waals surface area contributed by atoms with Gasteiger partial charge in [0.1, 0.15) is 5.75 Å². The lowest BCUT2D eigenvalue weighted by Gasteiger charge is -2.05. The molecule has 0 atom stereocenters. The fourth-order valence-electron chi connectivity index (χ4n) is 2.08. The number of aromatic nitrogens is 2. The average Bonchev–Trinajstić information content (AvgIpc) is 2.72. The lowest BCUT2D eigenvalue weighted by Crippen LogP contribution is -1.85. The SMILES string of the molecule is Cn1cnc2c(-c3ccccc3O)cccc21. The topological polar surface area (TPSA) is 38.0 Å². The summed E-state index contributed by atoms with van der Waals surface area (Å²) in [4.78, 5) is 4.39. The van der Waals surface area contributed by atoms with Crippen molar-refractivity contribution in [2.24, 2.45) is 7.05 Å². The minimum Gasteiger partial charge on any atom is -0.507 e. The molecule has 0 fully saturated rings. The van der Waals surface area contributed by atoms with Gasteiger partial charge < -0.3 is 9.67 Å². The second kappa shape index (κ2) is 3.63. The number of para-hydroxylation sites is 2. The molecule has 0 bridgehead atoms. The van der Waals surface area contributed by atoms with E-state index < -0.39 is 0 Å². The van der Waals surface area contributed by atoms with E-state index in [0.717, 1.165) is 22.2 Å². The second-order valence-electron chi connectivity index (χ2n) is 4.05. The van der Waals surface area contributed by atoms with Crippen LogP contribution in [0.5, 0.6) is 5.75 Å². The van der Waals surface area contributed by atoms with Crippen molar-refractivity contribution in [1.82, 2.24) is 9.55 Å². The number of fused-ring (bicyclic) bond motifs is 1. The maximum Gasteiger partial charge on any atom is 0.123 e. The summed E-state index contributed by atoms with van der Waals surface area (Å²) in [6.07, 6.45) is 1.79. The summed E-state index contributed by atoms with van der Waals surface area (Å²) in [6.45, 7) is 0. The Morgan fingerprint density at radius 2 is 1.76 bits per heavy atom. The van der Waals surface area contributed by atoms with E-state index in [9.17, 15) is 5.11 Å². The molecular weight excluding hydrogens is 212 g/mol. The zero-order valence-electron chi connectivity index (χ0n) is 9.46. The zero-order valence-corrected chi connectivity index (χ0v) is 9.46. The van der Waals surface area contributed by atoms with E-state index in [1.807, 2.05) is 48.0 Å². The van der Waals surface area contributed by atoms with Crippen molar-refractivity contribution in [2.75, 3.05) is 0 Å². The number of benzene rings is 2. The van der Waals surface area contributed by atoms with Crippen LogP contribution in [0.3, 0.4) is 0 Å². The standard InChI is InChI=1S/C14H12N2O/c1-16-9-15-14-11(6-4-7-12(14)16)10-5-2-3-8-13(10)17/h2-9,17H,1H3. The fraction of sp³-hybridized carbons (Fsp3) is 0.0714. The molecule has 0 spiro atoms. The van der Waals surface area contributed by atoms with Crippen LogP contribution < -0.4 is 0 Å². The number of aryl methyl sites for hydroxylation is 1. The van der Waals surface area contributed by atoms with Gasteiger partial charge in [-0.2, -0.15) is 0 Å². The third-order valence-electron chi connectivity index (χ3n) is 2.95. The highest BCUT2D eigenvalue weighted by atomic mass is 16.3. The zero-order chi connectivity index (χ0) is 11.8. The van der Waals surface area contributed by atoms with Gasteiger partial charge in [0, 0.05) is 18.2 Å². The number of phenolic OH excluding ortho intramolecular Hbond substituents is 1. The van der Waals surface area contributed by atoms with Gasteiger partial charge in [0.25, 0.3) is 0 Å². The van der Waals surface area contributed by atoms with Crippen molar-refractivity contribution in [1.29, 1.82) is 0 Å². The molecule has 0 unspecified atom stereocenters. The van der Waals surface area contributed by atoms with Crippen LogP contribution in [0.4, 0.5) is 0 Å². The van der Waals surface area contributed by atoms with Crippen LogP contribution >= 0.6 is 0 Å². The van der Waals surface area contributed by atoms with Crippen molar-refractivity contribution in [3.05, 3.63) is 48.8 Å². The van der Waals surface area contributed by atoms with Gasteiger partial charge in [0.2, 0.25) is 0 Å². The van der Waals surface area contributed by atoms with Crippen LogP contribution in [0, 0.1) is 0 Å². The quantitative estimate of drug-likeness (QED) is 0.690. The Kier molecular flexibility index (Phi) is 2.11. The number of phenols is 1. The van der Waals surface area contributed by atoms with Gasteiger partial charge in [0.05, 0.1) is 17.4 Å².